The number of hydrogen-bond donors (Lipinski definition) is 1. The first kappa shape index (κ1) is 10.6. The lowest BCUT2D eigenvalue weighted by molar-refractivity contribution is -0.137. The van der Waals surface area contributed by atoms with Gasteiger partial charge >= 0.3 is 6.18 Å². The zero-order valence-electron chi connectivity index (χ0n) is 7.79. The molecule has 0 aliphatic carbocycles. The van der Waals surface area contributed by atoms with Gasteiger partial charge in [0.2, 0.25) is 0 Å². The maximum atomic E-state index is 12.5. The van der Waals surface area contributed by atoms with Crippen LogP contribution >= 0.6 is 11.6 Å². The second-order valence-electron chi connectivity index (χ2n) is 3.52. The highest BCUT2D eigenvalue weighted by atomic mass is 35.5. The Hall–Kier alpha value is -0.900. The Labute approximate surface area is 90.2 Å². The van der Waals surface area contributed by atoms with E-state index in [1.807, 2.05) is 0 Å². The first-order valence-corrected chi connectivity index (χ1v) is 5.00. The molecule has 0 aromatic heterocycles. The molecule has 0 spiro atoms. The summed E-state index contributed by atoms with van der Waals surface area (Å²) in [5.41, 5.74) is 0.631. The van der Waals surface area contributed by atoms with Crippen molar-refractivity contribution in [3.05, 3.63) is 28.3 Å². The Morgan fingerprint density at radius 1 is 1.27 bits per heavy atom. The van der Waals surface area contributed by atoms with Crippen molar-refractivity contribution < 1.29 is 13.2 Å². The minimum absolute atomic E-state index is 0.152. The van der Waals surface area contributed by atoms with E-state index in [0.717, 1.165) is 19.0 Å². The predicted octanol–water partition coefficient (Wildman–Crippen LogP) is 3.72. The fourth-order valence-corrected chi connectivity index (χ4v) is 2.02. The van der Waals surface area contributed by atoms with Crippen LogP contribution in [-0.2, 0) is 12.6 Å². The van der Waals surface area contributed by atoms with Crippen molar-refractivity contribution in [2.45, 2.75) is 19.0 Å². The summed E-state index contributed by atoms with van der Waals surface area (Å²) in [6.07, 6.45) is -2.84. The molecule has 0 amide bonds. The van der Waals surface area contributed by atoms with Crippen LogP contribution in [0.5, 0.6) is 0 Å². The van der Waals surface area contributed by atoms with Gasteiger partial charge in [0.25, 0.3) is 0 Å². The van der Waals surface area contributed by atoms with Crippen molar-refractivity contribution in [2.75, 3.05) is 11.9 Å². The number of anilines is 1. The molecule has 0 saturated heterocycles. The number of hydrogen-bond acceptors (Lipinski definition) is 1. The summed E-state index contributed by atoms with van der Waals surface area (Å²) < 4.78 is 37.4. The van der Waals surface area contributed by atoms with E-state index < -0.39 is 11.7 Å². The first-order chi connectivity index (χ1) is 6.98. The highest BCUT2D eigenvalue weighted by Crippen LogP contribution is 2.37. The van der Waals surface area contributed by atoms with Gasteiger partial charge in [0.1, 0.15) is 0 Å². The molecule has 0 radical (unpaired) electrons. The lowest BCUT2D eigenvalue weighted by atomic mass is 10.0. The van der Waals surface area contributed by atoms with Crippen LogP contribution < -0.4 is 5.32 Å². The third-order valence-electron chi connectivity index (χ3n) is 2.42. The molecule has 1 aliphatic heterocycles. The predicted molar refractivity (Wildman–Crippen MR) is 53.3 cm³/mol. The molecular weight excluding hydrogens is 227 g/mol. The zero-order valence-corrected chi connectivity index (χ0v) is 8.54. The smallest absolute Gasteiger partial charge is 0.384 e. The van der Waals surface area contributed by atoms with Gasteiger partial charge in [-0.15, -0.1) is 0 Å². The fourth-order valence-electron chi connectivity index (χ4n) is 1.71. The lowest BCUT2D eigenvalue weighted by Crippen LogP contribution is -2.14. The molecule has 0 fully saturated rings. The van der Waals surface area contributed by atoms with Crippen molar-refractivity contribution in [3.63, 3.8) is 0 Å². The number of benzene rings is 1. The van der Waals surface area contributed by atoms with Gasteiger partial charge in [0, 0.05) is 6.54 Å². The summed E-state index contributed by atoms with van der Waals surface area (Å²) in [7, 11) is 0. The molecular formula is C10H9ClF3N. The summed E-state index contributed by atoms with van der Waals surface area (Å²) >= 11 is 5.79. The molecule has 5 heteroatoms. The van der Waals surface area contributed by atoms with E-state index in [2.05, 4.69) is 5.32 Å². The first-order valence-electron chi connectivity index (χ1n) is 4.62. The molecule has 1 aromatic carbocycles. The molecule has 0 saturated carbocycles. The largest absolute Gasteiger partial charge is 0.416 e. The van der Waals surface area contributed by atoms with Gasteiger partial charge in [-0.25, -0.2) is 0 Å². The van der Waals surface area contributed by atoms with E-state index in [1.165, 1.54) is 6.07 Å². The van der Waals surface area contributed by atoms with Crippen molar-refractivity contribution in [1.29, 1.82) is 0 Å². The minimum atomic E-state index is -4.32. The van der Waals surface area contributed by atoms with Crippen LogP contribution in [0.3, 0.4) is 0 Å². The van der Waals surface area contributed by atoms with E-state index in [4.69, 9.17) is 11.6 Å². The van der Waals surface area contributed by atoms with E-state index >= 15 is 0 Å². The van der Waals surface area contributed by atoms with E-state index in [1.54, 1.807) is 0 Å². The molecule has 0 atom stereocenters. The average molecular weight is 236 g/mol. The monoisotopic (exact) mass is 235 g/mol. The summed E-state index contributed by atoms with van der Waals surface area (Å²) in [5, 5.41) is 3.16. The van der Waals surface area contributed by atoms with Gasteiger partial charge in [0.15, 0.2) is 0 Å². The van der Waals surface area contributed by atoms with Gasteiger partial charge in [-0.05, 0) is 30.5 Å². The highest BCUT2D eigenvalue weighted by molar-refractivity contribution is 6.33. The van der Waals surface area contributed by atoms with Crippen molar-refractivity contribution in [1.82, 2.24) is 0 Å². The summed E-state index contributed by atoms with van der Waals surface area (Å²) in [4.78, 5) is 0. The molecule has 1 N–H and O–H groups in total. The Morgan fingerprint density at radius 2 is 2.00 bits per heavy atom. The van der Waals surface area contributed by atoms with Gasteiger partial charge in [-0.3, -0.25) is 0 Å². The Kier molecular flexibility index (Phi) is 2.54. The molecule has 1 aromatic rings. The second-order valence-corrected chi connectivity index (χ2v) is 3.93. The molecule has 1 aliphatic rings. The number of fused-ring (bicyclic) bond motifs is 1. The SMILES string of the molecule is FC(F)(F)c1cc(Cl)c2c(c1)CCCN2. The molecule has 15 heavy (non-hydrogen) atoms. The molecule has 2 rings (SSSR count). The van der Waals surface area contributed by atoms with Crippen LogP contribution in [0.4, 0.5) is 18.9 Å². The molecule has 82 valence electrons. The normalized spacial score (nSPS) is 15.7. The zero-order chi connectivity index (χ0) is 11.1. The molecule has 0 bridgehead atoms. The third-order valence-corrected chi connectivity index (χ3v) is 2.72. The van der Waals surface area contributed by atoms with Crippen LogP contribution in [0, 0.1) is 0 Å². The van der Waals surface area contributed by atoms with Crippen LogP contribution in [0.15, 0.2) is 12.1 Å². The van der Waals surface area contributed by atoms with Crippen molar-refractivity contribution in [2.24, 2.45) is 0 Å². The highest BCUT2D eigenvalue weighted by Gasteiger charge is 2.32. The standard InChI is InChI=1S/C10H9ClF3N/c11-8-5-7(10(12,13)14)4-6-2-1-3-15-9(6)8/h4-5,15H,1-3H2. The Morgan fingerprint density at radius 3 is 2.67 bits per heavy atom. The van der Waals surface area contributed by atoms with Crippen LogP contribution in [-0.4, -0.2) is 6.54 Å². The minimum Gasteiger partial charge on any atom is -0.384 e. The van der Waals surface area contributed by atoms with E-state index in [-0.39, 0.29) is 5.02 Å². The maximum absolute atomic E-state index is 12.5. The van der Waals surface area contributed by atoms with Crippen molar-refractivity contribution in [3.8, 4) is 0 Å². The summed E-state index contributed by atoms with van der Waals surface area (Å²) in [5.74, 6) is 0. The second kappa shape index (κ2) is 3.59. The average Bonchev–Trinajstić information content (AvgIpc) is 2.16. The van der Waals surface area contributed by atoms with Gasteiger partial charge < -0.3 is 5.32 Å². The Balaban J connectivity index is 2.50. The van der Waals surface area contributed by atoms with Gasteiger partial charge in [0.05, 0.1) is 16.3 Å². The number of aryl methyl sites for hydroxylation is 1. The third kappa shape index (κ3) is 2.04. The van der Waals surface area contributed by atoms with Crippen LogP contribution in [0.2, 0.25) is 5.02 Å². The number of halogens is 4. The van der Waals surface area contributed by atoms with Gasteiger partial charge in [-0.2, -0.15) is 13.2 Å². The number of rotatable bonds is 0. The number of nitrogens with one attached hydrogen (secondary N) is 1. The Bertz CT molecular complexity index is 387. The van der Waals surface area contributed by atoms with Crippen LogP contribution in [0.1, 0.15) is 17.5 Å². The summed E-state index contributed by atoms with van der Waals surface area (Å²) in [6.45, 7) is 0.762. The number of alkyl halides is 3. The van der Waals surface area contributed by atoms with E-state index in [9.17, 15) is 13.2 Å². The molecule has 0 unspecified atom stereocenters. The fraction of sp³-hybridized carbons (Fsp3) is 0.400. The summed E-state index contributed by atoms with van der Waals surface area (Å²) in [6, 6.07) is 2.14. The van der Waals surface area contributed by atoms with E-state index in [0.29, 0.717) is 17.7 Å². The van der Waals surface area contributed by atoms with Crippen LogP contribution in [0.25, 0.3) is 0 Å². The van der Waals surface area contributed by atoms with Crippen molar-refractivity contribution >= 4 is 17.3 Å². The topological polar surface area (TPSA) is 12.0 Å². The maximum Gasteiger partial charge on any atom is 0.416 e. The molecule has 1 nitrogen and oxygen atoms in total. The lowest BCUT2D eigenvalue weighted by Gasteiger charge is -2.21. The quantitative estimate of drug-likeness (QED) is 0.723. The van der Waals surface area contributed by atoms with Gasteiger partial charge in [-0.1, -0.05) is 11.6 Å². The molecule has 1 heterocycles.